The summed E-state index contributed by atoms with van der Waals surface area (Å²) in [6, 6.07) is 2.41. The first kappa shape index (κ1) is 13.0. The van der Waals surface area contributed by atoms with Gasteiger partial charge in [0.2, 0.25) is 0 Å². The Balaban J connectivity index is 3.43. The topological polar surface area (TPSA) is 34.1 Å². The van der Waals surface area contributed by atoms with E-state index in [-0.39, 0.29) is 3.57 Å². The Kier molecular flexibility index (Phi) is 3.56. The van der Waals surface area contributed by atoms with Gasteiger partial charge in [0.25, 0.3) is 9.05 Å². The van der Waals surface area contributed by atoms with Gasteiger partial charge >= 0.3 is 6.18 Å². The third kappa shape index (κ3) is 3.49. The molecule has 1 aromatic rings. The van der Waals surface area contributed by atoms with Gasteiger partial charge in [-0.25, -0.2) is 8.42 Å². The molecule has 0 atom stereocenters. The minimum Gasteiger partial charge on any atom is -0.207 e. The summed E-state index contributed by atoms with van der Waals surface area (Å²) in [4.78, 5) is -0.552. The average Bonchev–Trinajstić information content (AvgIpc) is 1.99. The van der Waals surface area contributed by atoms with Crippen molar-refractivity contribution in [3.63, 3.8) is 0 Å². The van der Waals surface area contributed by atoms with E-state index in [0.717, 1.165) is 12.1 Å². The van der Waals surface area contributed by atoms with Crippen LogP contribution >= 0.6 is 33.3 Å². The van der Waals surface area contributed by atoms with Crippen LogP contribution in [0.1, 0.15) is 5.56 Å². The minimum atomic E-state index is -4.59. The van der Waals surface area contributed by atoms with Gasteiger partial charge in [-0.3, -0.25) is 0 Å². The van der Waals surface area contributed by atoms with E-state index in [4.69, 9.17) is 10.7 Å². The van der Waals surface area contributed by atoms with Crippen LogP contribution in [0.5, 0.6) is 0 Å². The van der Waals surface area contributed by atoms with Crippen molar-refractivity contribution in [2.75, 3.05) is 0 Å². The average molecular weight is 371 g/mol. The van der Waals surface area contributed by atoms with Crippen molar-refractivity contribution in [2.24, 2.45) is 0 Å². The molecule has 0 N–H and O–H groups in total. The Hall–Kier alpha value is -0.0200. The summed E-state index contributed by atoms with van der Waals surface area (Å²) in [6.07, 6.45) is -4.59. The molecule has 8 heteroatoms. The molecule has 15 heavy (non-hydrogen) atoms. The smallest absolute Gasteiger partial charge is 0.207 e. The van der Waals surface area contributed by atoms with Crippen LogP contribution in [0.15, 0.2) is 23.1 Å². The van der Waals surface area contributed by atoms with Gasteiger partial charge in [-0.1, -0.05) is 0 Å². The molecule has 0 radical (unpaired) electrons. The Morgan fingerprint density at radius 3 is 2.13 bits per heavy atom. The van der Waals surface area contributed by atoms with E-state index < -0.39 is 25.7 Å². The van der Waals surface area contributed by atoms with Crippen molar-refractivity contribution in [3.05, 3.63) is 27.3 Å². The lowest BCUT2D eigenvalue weighted by molar-refractivity contribution is -0.137. The van der Waals surface area contributed by atoms with E-state index in [1.54, 1.807) is 22.6 Å². The fraction of sp³-hybridized carbons (Fsp3) is 0.143. The van der Waals surface area contributed by atoms with Crippen LogP contribution in [-0.2, 0) is 15.2 Å². The molecule has 2 nitrogen and oxygen atoms in total. The third-order valence-corrected chi connectivity index (χ3v) is 3.44. The van der Waals surface area contributed by atoms with Crippen molar-refractivity contribution >= 4 is 42.3 Å². The summed E-state index contributed by atoms with van der Waals surface area (Å²) in [5.74, 6) is 0. The van der Waals surface area contributed by atoms with E-state index in [9.17, 15) is 21.6 Å². The van der Waals surface area contributed by atoms with Crippen molar-refractivity contribution in [2.45, 2.75) is 11.1 Å². The van der Waals surface area contributed by atoms with Gasteiger partial charge in [-0.15, -0.1) is 0 Å². The highest BCUT2D eigenvalue weighted by Crippen LogP contribution is 2.32. The molecule has 0 fully saturated rings. The van der Waals surface area contributed by atoms with Crippen LogP contribution in [-0.4, -0.2) is 8.42 Å². The fourth-order valence-electron chi connectivity index (χ4n) is 0.867. The van der Waals surface area contributed by atoms with Crippen LogP contribution < -0.4 is 0 Å². The Morgan fingerprint density at radius 1 is 1.20 bits per heavy atom. The molecule has 0 aliphatic rings. The van der Waals surface area contributed by atoms with Crippen LogP contribution in [0.25, 0.3) is 0 Å². The van der Waals surface area contributed by atoms with E-state index >= 15 is 0 Å². The second-order valence-electron chi connectivity index (χ2n) is 2.61. The number of hydrogen-bond acceptors (Lipinski definition) is 2. The standard InChI is InChI=1S/C7H3ClF3IO2S/c8-15(13,14)6-2-4(7(9,10)11)1-5(12)3-6/h1-3H. The molecular formula is C7H3ClF3IO2S. The van der Waals surface area contributed by atoms with Gasteiger partial charge in [0, 0.05) is 14.3 Å². The summed E-state index contributed by atoms with van der Waals surface area (Å²) in [5.41, 5.74) is -1.03. The number of halogens is 5. The second-order valence-corrected chi connectivity index (χ2v) is 6.42. The summed E-state index contributed by atoms with van der Waals surface area (Å²) < 4.78 is 58.8. The quantitative estimate of drug-likeness (QED) is 0.562. The molecule has 0 aromatic heterocycles. The van der Waals surface area contributed by atoms with E-state index in [1.165, 1.54) is 0 Å². The molecule has 1 rings (SSSR count). The van der Waals surface area contributed by atoms with Gasteiger partial charge in [0.05, 0.1) is 10.5 Å². The van der Waals surface area contributed by atoms with Crippen LogP contribution in [0.2, 0.25) is 0 Å². The van der Waals surface area contributed by atoms with Crippen molar-refractivity contribution in [1.82, 2.24) is 0 Å². The minimum absolute atomic E-state index is 0.154. The molecule has 0 saturated heterocycles. The van der Waals surface area contributed by atoms with Gasteiger partial charge in [-0.05, 0) is 40.8 Å². The first-order valence-electron chi connectivity index (χ1n) is 3.43. The molecule has 0 aliphatic carbocycles. The molecule has 84 valence electrons. The van der Waals surface area contributed by atoms with Crippen molar-refractivity contribution in [3.8, 4) is 0 Å². The molecule has 1 aromatic carbocycles. The second kappa shape index (κ2) is 4.10. The first-order chi connectivity index (χ1) is 6.60. The van der Waals surface area contributed by atoms with E-state index in [1.807, 2.05) is 0 Å². The van der Waals surface area contributed by atoms with Crippen LogP contribution in [0.4, 0.5) is 13.2 Å². The summed E-state index contributed by atoms with van der Waals surface area (Å²) in [6.45, 7) is 0. The van der Waals surface area contributed by atoms with Gasteiger partial charge in [0.15, 0.2) is 0 Å². The lowest BCUT2D eigenvalue weighted by atomic mass is 10.2. The van der Waals surface area contributed by atoms with E-state index in [2.05, 4.69) is 0 Å². The third-order valence-electron chi connectivity index (χ3n) is 1.48. The molecule has 0 amide bonds. The maximum atomic E-state index is 12.3. The molecule has 0 spiro atoms. The van der Waals surface area contributed by atoms with Crippen LogP contribution in [0, 0.1) is 3.57 Å². The predicted molar refractivity (Wildman–Crippen MR) is 57.2 cm³/mol. The Bertz CT molecular complexity index is 483. The zero-order chi connectivity index (χ0) is 11.9. The van der Waals surface area contributed by atoms with Gasteiger partial charge in [0.1, 0.15) is 0 Å². The van der Waals surface area contributed by atoms with Crippen molar-refractivity contribution in [1.29, 1.82) is 0 Å². The normalized spacial score (nSPS) is 12.9. The zero-order valence-corrected chi connectivity index (χ0v) is 10.6. The SMILES string of the molecule is O=S(=O)(Cl)c1cc(I)cc(C(F)(F)F)c1. The van der Waals surface area contributed by atoms with Gasteiger partial charge in [-0.2, -0.15) is 13.2 Å². The molecule has 0 bridgehead atoms. The number of rotatable bonds is 1. The molecule has 0 heterocycles. The Morgan fingerprint density at radius 2 is 1.73 bits per heavy atom. The molecule has 0 saturated carbocycles. The van der Waals surface area contributed by atoms with Crippen LogP contribution in [0.3, 0.4) is 0 Å². The highest BCUT2D eigenvalue weighted by Gasteiger charge is 2.32. The molecule has 0 unspecified atom stereocenters. The van der Waals surface area contributed by atoms with E-state index in [0.29, 0.717) is 6.07 Å². The monoisotopic (exact) mass is 370 g/mol. The lowest BCUT2D eigenvalue weighted by Crippen LogP contribution is -2.06. The summed E-state index contributed by atoms with van der Waals surface area (Å²) >= 11 is 1.59. The molecule has 0 aliphatic heterocycles. The number of hydrogen-bond donors (Lipinski definition) is 0. The predicted octanol–water partition coefficient (Wildman–Crippen LogP) is 3.24. The highest BCUT2D eigenvalue weighted by molar-refractivity contribution is 14.1. The summed E-state index contributed by atoms with van der Waals surface area (Å²) in [5, 5.41) is 0. The molecular weight excluding hydrogens is 367 g/mol. The maximum Gasteiger partial charge on any atom is 0.416 e. The lowest BCUT2D eigenvalue weighted by Gasteiger charge is -2.08. The number of benzene rings is 1. The van der Waals surface area contributed by atoms with Gasteiger partial charge < -0.3 is 0 Å². The fourth-order valence-corrected chi connectivity index (χ4v) is 2.55. The van der Waals surface area contributed by atoms with Crippen molar-refractivity contribution < 1.29 is 21.6 Å². The highest BCUT2D eigenvalue weighted by atomic mass is 127. The maximum absolute atomic E-state index is 12.3. The first-order valence-corrected chi connectivity index (χ1v) is 6.82. The largest absolute Gasteiger partial charge is 0.416 e. The summed E-state index contributed by atoms with van der Waals surface area (Å²) in [7, 11) is 0.813. The zero-order valence-electron chi connectivity index (χ0n) is 6.85. The number of alkyl halides is 3. The Labute approximate surface area is 102 Å².